The molecule has 0 saturated carbocycles. The van der Waals surface area contributed by atoms with E-state index < -0.39 is 0 Å². The standard InChI is InChI=1S/C15H13NO/c17-16-14-9-5-4-8-13(14)10-11-15(16)12-6-2-1-3-7-12/h1-9,11,17H,10H2. The third-order valence-corrected chi connectivity index (χ3v) is 3.03. The van der Waals surface area contributed by atoms with Crippen molar-refractivity contribution in [3.63, 3.8) is 0 Å². The Labute approximate surface area is 100 Å². The summed E-state index contributed by atoms with van der Waals surface area (Å²) in [5, 5.41) is 11.5. The number of nitrogens with zero attached hydrogens (tertiary/aromatic N) is 1. The molecule has 0 fully saturated rings. The Morgan fingerprint density at radius 3 is 2.41 bits per heavy atom. The lowest BCUT2D eigenvalue weighted by atomic mass is 10.0. The first kappa shape index (κ1) is 10.1. The molecule has 3 rings (SSSR count). The van der Waals surface area contributed by atoms with Gasteiger partial charge in [-0.25, -0.2) is 5.06 Å². The molecule has 17 heavy (non-hydrogen) atoms. The Bertz CT molecular complexity index is 560. The number of hydrogen-bond acceptors (Lipinski definition) is 2. The van der Waals surface area contributed by atoms with E-state index >= 15 is 0 Å². The van der Waals surface area contributed by atoms with Crippen LogP contribution < -0.4 is 5.06 Å². The summed E-state index contributed by atoms with van der Waals surface area (Å²) in [6, 6.07) is 17.8. The lowest BCUT2D eigenvalue weighted by Crippen LogP contribution is -2.21. The molecule has 2 nitrogen and oxygen atoms in total. The summed E-state index contributed by atoms with van der Waals surface area (Å²) in [7, 11) is 0. The van der Waals surface area contributed by atoms with Crippen molar-refractivity contribution in [3.05, 3.63) is 71.8 Å². The predicted octanol–water partition coefficient (Wildman–Crippen LogP) is 3.48. The highest BCUT2D eigenvalue weighted by atomic mass is 16.5. The Hall–Kier alpha value is -2.06. The molecule has 1 N–H and O–H groups in total. The fourth-order valence-corrected chi connectivity index (χ4v) is 2.16. The minimum Gasteiger partial charge on any atom is -0.283 e. The Morgan fingerprint density at radius 2 is 1.59 bits per heavy atom. The van der Waals surface area contributed by atoms with Crippen LogP contribution in [0.5, 0.6) is 0 Å². The van der Waals surface area contributed by atoms with Crippen LogP contribution in [0.4, 0.5) is 5.69 Å². The van der Waals surface area contributed by atoms with Crippen molar-refractivity contribution in [2.45, 2.75) is 6.42 Å². The first-order chi connectivity index (χ1) is 8.36. The van der Waals surface area contributed by atoms with Crippen LogP contribution in [0.2, 0.25) is 0 Å². The van der Waals surface area contributed by atoms with E-state index in [1.165, 1.54) is 5.06 Å². The van der Waals surface area contributed by atoms with Gasteiger partial charge < -0.3 is 0 Å². The number of benzene rings is 2. The average Bonchev–Trinajstić information content (AvgIpc) is 2.40. The van der Waals surface area contributed by atoms with E-state index in [4.69, 9.17) is 0 Å². The smallest absolute Gasteiger partial charge is 0.0729 e. The summed E-state index contributed by atoms with van der Waals surface area (Å²) in [5.74, 6) is 0. The normalized spacial score (nSPS) is 14.2. The molecular formula is C15H13NO. The quantitative estimate of drug-likeness (QED) is 0.800. The zero-order valence-electron chi connectivity index (χ0n) is 9.38. The molecule has 0 aromatic heterocycles. The molecule has 1 aliphatic heterocycles. The van der Waals surface area contributed by atoms with Gasteiger partial charge in [0.05, 0.1) is 11.4 Å². The lowest BCUT2D eigenvalue weighted by Gasteiger charge is -2.26. The largest absolute Gasteiger partial charge is 0.283 e. The molecule has 0 saturated heterocycles. The third kappa shape index (κ3) is 1.73. The number of anilines is 1. The van der Waals surface area contributed by atoms with Gasteiger partial charge in [0.25, 0.3) is 0 Å². The minimum absolute atomic E-state index is 0.851. The molecule has 0 radical (unpaired) electrons. The third-order valence-electron chi connectivity index (χ3n) is 3.03. The van der Waals surface area contributed by atoms with Gasteiger partial charge in [0.15, 0.2) is 0 Å². The predicted molar refractivity (Wildman–Crippen MR) is 68.8 cm³/mol. The molecular weight excluding hydrogens is 210 g/mol. The van der Waals surface area contributed by atoms with Gasteiger partial charge >= 0.3 is 0 Å². The second-order valence-electron chi connectivity index (χ2n) is 4.10. The van der Waals surface area contributed by atoms with Gasteiger partial charge in [-0.05, 0) is 18.1 Å². The second-order valence-corrected chi connectivity index (χ2v) is 4.10. The van der Waals surface area contributed by atoms with Gasteiger partial charge in [0.1, 0.15) is 0 Å². The molecule has 2 heteroatoms. The number of allylic oxidation sites excluding steroid dienone is 1. The van der Waals surface area contributed by atoms with Crippen LogP contribution >= 0.6 is 0 Å². The molecule has 2 aromatic rings. The highest BCUT2D eigenvalue weighted by Gasteiger charge is 2.18. The van der Waals surface area contributed by atoms with E-state index in [2.05, 4.69) is 6.08 Å². The molecule has 0 spiro atoms. The molecule has 84 valence electrons. The zero-order valence-corrected chi connectivity index (χ0v) is 9.38. The van der Waals surface area contributed by atoms with Crippen molar-refractivity contribution in [3.8, 4) is 0 Å². The fourth-order valence-electron chi connectivity index (χ4n) is 2.16. The van der Waals surface area contributed by atoms with E-state index in [0.717, 1.165) is 28.9 Å². The van der Waals surface area contributed by atoms with Gasteiger partial charge in [-0.3, -0.25) is 5.21 Å². The van der Waals surface area contributed by atoms with Crippen LogP contribution in [0.3, 0.4) is 0 Å². The van der Waals surface area contributed by atoms with Crippen LogP contribution in [0.15, 0.2) is 60.7 Å². The maximum absolute atomic E-state index is 10.2. The van der Waals surface area contributed by atoms with Crippen molar-refractivity contribution in [2.75, 3.05) is 5.06 Å². The topological polar surface area (TPSA) is 23.5 Å². The summed E-state index contributed by atoms with van der Waals surface area (Å²) in [6.45, 7) is 0. The average molecular weight is 223 g/mol. The number of para-hydroxylation sites is 1. The maximum Gasteiger partial charge on any atom is 0.0729 e. The number of fused-ring (bicyclic) bond motifs is 1. The van der Waals surface area contributed by atoms with Crippen LogP contribution in [-0.2, 0) is 6.42 Å². The van der Waals surface area contributed by atoms with Gasteiger partial charge in [0.2, 0.25) is 0 Å². The number of rotatable bonds is 1. The van der Waals surface area contributed by atoms with Crippen molar-refractivity contribution in [1.82, 2.24) is 0 Å². The van der Waals surface area contributed by atoms with Crippen LogP contribution in [-0.4, -0.2) is 5.21 Å². The Kier molecular flexibility index (Phi) is 2.42. The van der Waals surface area contributed by atoms with E-state index in [0.29, 0.717) is 0 Å². The zero-order chi connectivity index (χ0) is 11.7. The van der Waals surface area contributed by atoms with Crippen molar-refractivity contribution in [1.29, 1.82) is 0 Å². The minimum atomic E-state index is 0.851. The van der Waals surface area contributed by atoms with Crippen molar-refractivity contribution < 1.29 is 5.21 Å². The van der Waals surface area contributed by atoms with E-state index in [1.807, 2.05) is 54.6 Å². The summed E-state index contributed by atoms with van der Waals surface area (Å²) in [6.07, 6.45) is 2.91. The van der Waals surface area contributed by atoms with Crippen LogP contribution in [0, 0.1) is 0 Å². The highest BCUT2D eigenvalue weighted by Crippen LogP contribution is 2.32. The molecule has 1 aliphatic rings. The highest BCUT2D eigenvalue weighted by molar-refractivity contribution is 5.81. The maximum atomic E-state index is 10.2. The molecule has 0 atom stereocenters. The van der Waals surface area contributed by atoms with Gasteiger partial charge in [-0.15, -0.1) is 0 Å². The summed E-state index contributed by atoms with van der Waals surface area (Å²) in [4.78, 5) is 0. The first-order valence-corrected chi connectivity index (χ1v) is 5.69. The Balaban J connectivity index is 2.04. The van der Waals surface area contributed by atoms with E-state index in [1.54, 1.807) is 0 Å². The van der Waals surface area contributed by atoms with Crippen molar-refractivity contribution in [2.24, 2.45) is 0 Å². The van der Waals surface area contributed by atoms with Gasteiger partial charge in [-0.2, -0.15) is 0 Å². The van der Waals surface area contributed by atoms with Gasteiger partial charge in [-0.1, -0.05) is 54.6 Å². The first-order valence-electron chi connectivity index (χ1n) is 5.69. The summed E-state index contributed by atoms with van der Waals surface area (Å²) < 4.78 is 0. The molecule has 0 amide bonds. The number of hydroxylamine groups is 1. The Morgan fingerprint density at radius 1 is 0.882 bits per heavy atom. The van der Waals surface area contributed by atoms with E-state index in [-0.39, 0.29) is 0 Å². The summed E-state index contributed by atoms with van der Waals surface area (Å²) >= 11 is 0. The SMILES string of the molecule is ON1C(c2ccccc2)=CCc2ccccc21. The molecule has 2 aromatic carbocycles. The van der Waals surface area contributed by atoms with Crippen LogP contribution in [0.1, 0.15) is 11.1 Å². The number of hydrogen-bond donors (Lipinski definition) is 1. The van der Waals surface area contributed by atoms with E-state index in [9.17, 15) is 5.21 Å². The van der Waals surface area contributed by atoms with Gasteiger partial charge in [0, 0.05) is 5.56 Å². The molecule has 0 aliphatic carbocycles. The fraction of sp³-hybridized carbons (Fsp3) is 0.0667. The second kappa shape index (κ2) is 4.07. The molecule has 0 bridgehead atoms. The molecule has 1 heterocycles. The van der Waals surface area contributed by atoms with Crippen molar-refractivity contribution >= 4 is 11.4 Å². The lowest BCUT2D eigenvalue weighted by molar-refractivity contribution is 0.302. The monoisotopic (exact) mass is 223 g/mol. The summed E-state index contributed by atoms with van der Waals surface area (Å²) in [5.41, 5.74) is 3.90. The molecule has 0 unspecified atom stereocenters. The van der Waals surface area contributed by atoms with Crippen LogP contribution in [0.25, 0.3) is 5.70 Å².